The number of anilines is 1. The van der Waals surface area contributed by atoms with E-state index in [0.717, 1.165) is 29.5 Å². The molecule has 0 fully saturated rings. The van der Waals surface area contributed by atoms with Crippen LogP contribution in [-0.4, -0.2) is 22.8 Å². The Morgan fingerprint density at radius 2 is 1.93 bits per heavy atom. The van der Waals surface area contributed by atoms with E-state index in [1.54, 1.807) is 18.2 Å². The predicted octanol–water partition coefficient (Wildman–Crippen LogP) is 5.19. The van der Waals surface area contributed by atoms with Crippen LogP contribution in [0.5, 0.6) is 5.75 Å². The quantitative estimate of drug-likeness (QED) is 0.570. The lowest BCUT2D eigenvalue weighted by Crippen LogP contribution is -2.21. The van der Waals surface area contributed by atoms with Gasteiger partial charge in [-0.3, -0.25) is 4.79 Å². The van der Waals surface area contributed by atoms with Gasteiger partial charge in [0, 0.05) is 10.6 Å². The number of halogens is 2. The largest absolute Gasteiger partial charge is 0.482 e. The zero-order valence-corrected chi connectivity index (χ0v) is 17.0. The molecular weight excluding hydrogens is 401 g/mol. The van der Waals surface area contributed by atoms with Crippen molar-refractivity contribution >= 4 is 34.9 Å². The maximum absolute atomic E-state index is 12.3. The molecule has 0 saturated carbocycles. The second kappa shape index (κ2) is 9.08. The SMILES string of the molecule is CCc1ccc(CC)c(-c2nonc2NC(=O)COc2ccc(Cl)cc2Cl)c1. The fourth-order valence-electron chi connectivity index (χ4n) is 2.72. The Morgan fingerprint density at radius 3 is 2.64 bits per heavy atom. The third-order valence-corrected chi connectivity index (χ3v) is 4.75. The first-order chi connectivity index (χ1) is 13.5. The van der Waals surface area contributed by atoms with Gasteiger partial charge in [0.05, 0.1) is 5.02 Å². The molecule has 8 heteroatoms. The van der Waals surface area contributed by atoms with Gasteiger partial charge in [-0.05, 0) is 58.5 Å². The third kappa shape index (κ3) is 4.64. The van der Waals surface area contributed by atoms with E-state index in [2.05, 4.69) is 41.6 Å². The van der Waals surface area contributed by atoms with Crippen molar-refractivity contribution in [2.75, 3.05) is 11.9 Å². The van der Waals surface area contributed by atoms with Crippen molar-refractivity contribution < 1.29 is 14.2 Å². The minimum atomic E-state index is -0.410. The molecule has 2 aromatic carbocycles. The molecule has 0 bridgehead atoms. The van der Waals surface area contributed by atoms with E-state index in [1.165, 1.54) is 0 Å². The summed E-state index contributed by atoms with van der Waals surface area (Å²) < 4.78 is 10.3. The monoisotopic (exact) mass is 419 g/mol. The summed E-state index contributed by atoms with van der Waals surface area (Å²) in [6.45, 7) is 3.89. The number of rotatable bonds is 7. The standard InChI is InChI=1S/C20H19Cl2N3O3/c1-3-12-5-6-13(4-2)15(9-12)19-20(25-28-24-19)23-18(26)11-27-17-8-7-14(21)10-16(17)22/h5-10H,3-4,11H2,1-2H3,(H,23,25,26). The number of benzene rings is 2. The number of aromatic nitrogens is 2. The van der Waals surface area contributed by atoms with Crippen LogP contribution in [0.2, 0.25) is 10.0 Å². The van der Waals surface area contributed by atoms with E-state index in [0.29, 0.717) is 21.5 Å². The Bertz CT molecular complexity index is 989. The van der Waals surface area contributed by atoms with E-state index in [-0.39, 0.29) is 12.4 Å². The molecule has 3 rings (SSSR count). The molecule has 0 saturated heterocycles. The Kier molecular flexibility index (Phi) is 6.54. The Balaban J connectivity index is 1.74. The maximum Gasteiger partial charge on any atom is 0.263 e. The van der Waals surface area contributed by atoms with Crippen molar-refractivity contribution in [1.82, 2.24) is 10.3 Å². The Hall–Kier alpha value is -2.57. The summed E-state index contributed by atoms with van der Waals surface area (Å²) in [5.74, 6) is 0.204. The number of amides is 1. The van der Waals surface area contributed by atoms with Crippen LogP contribution in [0.3, 0.4) is 0 Å². The van der Waals surface area contributed by atoms with Crippen molar-refractivity contribution in [2.24, 2.45) is 0 Å². The molecule has 0 aliphatic heterocycles. The summed E-state index contributed by atoms with van der Waals surface area (Å²) in [6, 6.07) is 11.0. The Labute approximate surface area is 172 Å². The lowest BCUT2D eigenvalue weighted by molar-refractivity contribution is -0.118. The van der Waals surface area contributed by atoms with E-state index < -0.39 is 5.91 Å². The van der Waals surface area contributed by atoms with Crippen LogP contribution in [0.25, 0.3) is 11.3 Å². The van der Waals surface area contributed by atoms with Crippen LogP contribution < -0.4 is 10.1 Å². The highest BCUT2D eigenvalue weighted by Crippen LogP contribution is 2.30. The predicted molar refractivity (Wildman–Crippen MR) is 109 cm³/mol. The van der Waals surface area contributed by atoms with Crippen molar-refractivity contribution in [3.8, 4) is 17.0 Å². The van der Waals surface area contributed by atoms with Crippen molar-refractivity contribution in [1.29, 1.82) is 0 Å². The molecule has 6 nitrogen and oxygen atoms in total. The number of carbonyl (C=O) groups excluding carboxylic acids is 1. The molecule has 1 aromatic heterocycles. The molecule has 1 N–H and O–H groups in total. The van der Waals surface area contributed by atoms with Gasteiger partial charge in [-0.2, -0.15) is 0 Å². The lowest BCUT2D eigenvalue weighted by atomic mass is 9.98. The number of hydrogen-bond acceptors (Lipinski definition) is 5. The molecule has 0 spiro atoms. The zero-order chi connectivity index (χ0) is 20.1. The highest BCUT2D eigenvalue weighted by molar-refractivity contribution is 6.35. The summed E-state index contributed by atoms with van der Waals surface area (Å²) in [4.78, 5) is 12.3. The smallest absolute Gasteiger partial charge is 0.263 e. The normalized spacial score (nSPS) is 10.7. The van der Waals surface area contributed by atoms with E-state index in [1.807, 2.05) is 6.07 Å². The average Bonchev–Trinajstić information content (AvgIpc) is 3.14. The summed E-state index contributed by atoms with van der Waals surface area (Å²) in [6.07, 6.45) is 1.71. The second-order valence-electron chi connectivity index (χ2n) is 6.07. The van der Waals surface area contributed by atoms with Gasteiger partial charge in [-0.1, -0.05) is 49.2 Å². The topological polar surface area (TPSA) is 77.3 Å². The van der Waals surface area contributed by atoms with Gasteiger partial charge in [0.25, 0.3) is 5.91 Å². The van der Waals surface area contributed by atoms with E-state index >= 15 is 0 Å². The molecule has 146 valence electrons. The fraction of sp³-hybridized carbons (Fsp3) is 0.250. The molecule has 28 heavy (non-hydrogen) atoms. The minimum Gasteiger partial charge on any atom is -0.482 e. The lowest BCUT2D eigenvalue weighted by Gasteiger charge is -2.10. The van der Waals surface area contributed by atoms with Crippen molar-refractivity contribution in [2.45, 2.75) is 26.7 Å². The highest BCUT2D eigenvalue weighted by atomic mass is 35.5. The van der Waals surface area contributed by atoms with Crippen LogP contribution >= 0.6 is 23.2 Å². The molecule has 1 amide bonds. The van der Waals surface area contributed by atoms with Gasteiger partial charge < -0.3 is 10.1 Å². The number of ether oxygens (including phenoxy) is 1. The first-order valence-electron chi connectivity index (χ1n) is 8.84. The van der Waals surface area contributed by atoms with Gasteiger partial charge in [0.2, 0.25) is 5.82 Å². The van der Waals surface area contributed by atoms with Gasteiger partial charge >= 0.3 is 0 Å². The fourth-order valence-corrected chi connectivity index (χ4v) is 3.19. The van der Waals surface area contributed by atoms with Gasteiger partial charge in [0.1, 0.15) is 5.75 Å². The van der Waals surface area contributed by atoms with Gasteiger partial charge in [0.15, 0.2) is 12.3 Å². The molecule has 0 atom stereocenters. The Morgan fingerprint density at radius 1 is 1.11 bits per heavy atom. The molecule has 0 aliphatic carbocycles. The summed E-state index contributed by atoms with van der Waals surface area (Å²) in [5.41, 5.74) is 3.63. The van der Waals surface area contributed by atoms with Crippen LogP contribution in [0.15, 0.2) is 41.0 Å². The molecule has 0 aliphatic rings. The van der Waals surface area contributed by atoms with Gasteiger partial charge in [-0.15, -0.1) is 0 Å². The van der Waals surface area contributed by atoms with Gasteiger partial charge in [-0.25, -0.2) is 4.63 Å². The first-order valence-corrected chi connectivity index (χ1v) is 9.59. The average molecular weight is 420 g/mol. The number of nitrogens with one attached hydrogen (secondary N) is 1. The highest BCUT2D eigenvalue weighted by Gasteiger charge is 2.18. The summed E-state index contributed by atoms with van der Waals surface area (Å²) >= 11 is 11.9. The maximum atomic E-state index is 12.3. The minimum absolute atomic E-state index is 0.247. The van der Waals surface area contributed by atoms with Crippen LogP contribution in [-0.2, 0) is 17.6 Å². The zero-order valence-electron chi connectivity index (χ0n) is 15.5. The summed E-state index contributed by atoms with van der Waals surface area (Å²) in [7, 11) is 0. The number of aryl methyl sites for hydroxylation is 2. The van der Waals surface area contributed by atoms with Crippen molar-refractivity contribution in [3.63, 3.8) is 0 Å². The third-order valence-electron chi connectivity index (χ3n) is 4.22. The van der Waals surface area contributed by atoms with Crippen LogP contribution in [0, 0.1) is 0 Å². The number of carbonyl (C=O) groups is 1. The molecule has 0 unspecified atom stereocenters. The van der Waals surface area contributed by atoms with Crippen LogP contribution in [0.1, 0.15) is 25.0 Å². The van der Waals surface area contributed by atoms with E-state index in [9.17, 15) is 4.79 Å². The molecule has 1 heterocycles. The van der Waals surface area contributed by atoms with Crippen molar-refractivity contribution in [3.05, 3.63) is 57.6 Å². The first kappa shape index (κ1) is 20.2. The molecule has 3 aromatic rings. The second-order valence-corrected chi connectivity index (χ2v) is 6.92. The number of hydrogen-bond donors (Lipinski definition) is 1. The molecular formula is C20H19Cl2N3O3. The molecule has 0 radical (unpaired) electrons. The van der Waals surface area contributed by atoms with Crippen LogP contribution in [0.4, 0.5) is 5.82 Å². The van der Waals surface area contributed by atoms with E-state index in [4.69, 9.17) is 32.6 Å². The number of nitrogens with zero attached hydrogens (tertiary/aromatic N) is 2. The summed E-state index contributed by atoms with van der Waals surface area (Å²) in [5, 5.41) is 11.3.